The minimum atomic E-state index is -0.817. The highest BCUT2D eigenvalue weighted by atomic mass is 16.5. The smallest absolute Gasteiger partial charge is 0.329 e. The quantitative estimate of drug-likeness (QED) is 0.661. The first-order chi connectivity index (χ1) is 12.3. The number of carbonyl (C=O) groups is 3. The minimum absolute atomic E-state index is 0.0721. The van der Waals surface area contributed by atoms with Crippen LogP contribution in [-0.4, -0.2) is 36.5 Å². The van der Waals surface area contributed by atoms with Crippen LogP contribution >= 0.6 is 0 Å². The maximum Gasteiger partial charge on any atom is 0.329 e. The van der Waals surface area contributed by atoms with Crippen molar-refractivity contribution >= 4 is 17.8 Å². The lowest BCUT2D eigenvalue weighted by atomic mass is 10.0. The Kier molecular flexibility index (Phi) is 8.82. The van der Waals surface area contributed by atoms with E-state index in [0.717, 1.165) is 18.4 Å². The van der Waals surface area contributed by atoms with Gasteiger partial charge in [0.1, 0.15) is 6.04 Å². The number of hydrogen-bond acceptors (Lipinski definition) is 4. The molecule has 0 spiro atoms. The largest absolute Gasteiger partial charge is 0.454 e. The second kappa shape index (κ2) is 10.6. The molecule has 0 unspecified atom stereocenters. The van der Waals surface area contributed by atoms with Crippen LogP contribution in [0.4, 0.5) is 0 Å². The second-order valence-electron chi connectivity index (χ2n) is 6.70. The van der Waals surface area contributed by atoms with Gasteiger partial charge in [-0.25, -0.2) is 4.79 Å². The monoisotopic (exact) mass is 362 g/mol. The molecule has 0 bridgehead atoms. The molecule has 1 aromatic rings. The lowest BCUT2D eigenvalue weighted by molar-refractivity contribution is -0.151. The van der Waals surface area contributed by atoms with Crippen LogP contribution in [-0.2, 0) is 14.3 Å². The van der Waals surface area contributed by atoms with E-state index in [-0.39, 0.29) is 30.4 Å². The van der Waals surface area contributed by atoms with Crippen LogP contribution in [0.15, 0.2) is 24.3 Å². The molecule has 0 radical (unpaired) electrons. The van der Waals surface area contributed by atoms with E-state index >= 15 is 0 Å². The highest BCUT2D eigenvalue weighted by Crippen LogP contribution is 2.10. The molecule has 0 aliphatic carbocycles. The fraction of sp³-hybridized carbons (Fsp3) is 0.550. The molecule has 0 aliphatic rings. The number of ether oxygens (including phenoxy) is 1. The maximum atomic E-state index is 12.4. The van der Waals surface area contributed by atoms with Crippen molar-refractivity contribution in [3.05, 3.63) is 35.4 Å². The summed E-state index contributed by atoms with van der Waals surface area (Å²) >= 11 is 0. The summed E-state index contributed by atoms with van der Waals surface area (Å²) in [5.74, 6) is -1.45. The highest BCUT2D eigenvalue weighted by molar-refractivity contribution is 5.98. The normalized spacial score (nSPS) is 12.0. The van der Waals surface area contributed by atoms with E-state index in [2.05, 4.69) is 10.6 Å². The molecule has 144 valence electrons. The zero-order valence-corrected chi connectivity index (χ0v) is 16.3. The van der Waals surface area contributed by atoms with Gasteiger partial charge in [0.05, 0.1) is 0 Å². The SMILES string of the molecule is CCC(CC)NC(=O)COC(=O)[C@@H](NC(=O)c1ccccc1C)C(C)C. The van der Waals surface area contributed by atoms with Crippen LogP contribution in [0.25, 0.3) is 0 Å². The van der Waals surface area contributed by atoms with Crippen molar-refractivity contribution in [2.24, 2.45) is 5.92 Å². The van der Waals surface area contributed by atoms with E-state index in [1.165, 1.54) is 0 Å². The van der Waals surface area contributed by atoms with E-state index in [4.69, 9.17) is 4.74 Å². The third kappa shape index (κ3) is 6.50. The van der Waals surface area contributed by atoms with Crippen LogP contribution in [0.3, 0.4) is 0 Å². The second-order valence-corrected chi connectivity index (χ2v) is 6.70. The number of benzene rings is 1. The van der Waals surface area contributed by atoms with Crippen LogP contribution in [0.2, 0.25) is 0 Å². The van der Waals surface area contributed by atoms with Crippen molar-refractivity contribution in [2.45, 2.75) is 59.5 Å². The molecule has 0 heterocycles. The molecule has 0 fully saturated rings. The van der Waals surface area contributed by atoms with E-state index < -0.39 is 12.0 Å². The maximum absolute atomic E-state index is 12.4. The Morgan fingerprint density at radius 3 is 2.19 bits per heavy atom. The first-order valence-electron chi connectivity index (χ1n) is 9.12. The predicted molar refractivity (Wildman–Crippen MR) is 101 cm³/mol. The number of carbonyl (C=O) groups excluding carboxylic acids is 3. The first kappa shape index (κ1) is 21.7. The summed E-state index contributed by atoms with van der Waals surface area (Å²) in [6.45, 7) is 9.08. The van der Waals surface area contributed by atoms with Crippen molar-refractivity contribution in [3.63, 3.8) is 0 Å². The fourth-order valence-electron chi connectivity index (χ4n) is 2.53. The Balaban J connectivity index is 2.66. The zero-order valence-electron chi connectivity index (χ0n) is 16.3. The molecule has 1 rings (SSSR count). The van der Waals surface area contributed by atoms with Crippen LogP contribution in [0, 0.1) is 12.8 Å². The minimum Gasteiger partial charge on any atom is -0.454 e. The standard InChI is InChI=1S/C20H30N2O4/c1-6-15(7-2)21-17(23)12-26-20(25)18(13(3)4)22-19(24)16-11-9-8-10-14(16)5/h8-11,13,15,18H,6-7,12H2,1-5H3,(H,21,23)(H,22,24)/t18-/m0/s1. The molecule has 0 aromatic heterocycles. The third-order valence-corrected chi connectivity index (χ3v) is 4.29. The summed E-state index contributed by atoms with van der Waals surface area (Å²) in [7, 11) is 0. The number of aryl methyl sites for hydroxylation is 1. The summed E-state index contributed by atoms with van der Waals surface area (Å²) in [6.07, 6.45) is 1.63. The van der Waals surface area contributed by atoms with Crippen molar-refractivity contribution in [3.8, 4) is 0 Å². The number of nitrogens with one attached hydrogen (secondary N) is 2. The van der Waals surface area contributed by atoms with E-state index in [1.54, 1.807) is 12.1 Å². The average molecular weight is 362 g/mol. The van der Waals surface area contributed by atoms with Gasteiger partial charge in [-0.2, -0.15) is 0 Å². The average Bonchev–Trinajstić information content (AvgIpc) is 2.62. The van der Waals surface area contributed by atoms with Crippen LogP contribution < -0.4 is 10.6 Å². The molecule has 2 N–H and O–H groups in total. The highest BCUT2D eigenvalue weighted by Gasteiger charge is 2.27. The third-order valence-electron chi connectivity index (χ3n) is 4.29. The zero-order chi connectivity index (χ0) is 19.7. The summed E-state index contributed by atoms with van der Waals surface area (Å²) in [6, 6.07) is 6.41. The molecule has 0 saturated heterocycles. The van der Waals surface area contributed by atoms with Gasteiger partial charge in [0.15, 0.2) is 6.61 Å². The van der Waals surface area contributed by atoms with Crippen molar-refractivity contribution in [1.82, 2.24) is 10.6 Å². The van der Waals surface area contributed by atoms with Gasteiger partial charge in [-0.05, 0) is 37.3 Å². The molecular formula is C20H30N2O4. The van der Waals surface area contributed by atoms with E-state index in [1.807, 2.05) is 46.8 Å². The summed E-state index contributed by atoms with van der Waals surface area (Å²) in [5.41, 5.74) is 1.34. The molecule has 26 heavy (non-hydrogen) atoms. The molecule has 0 saturated carbocycles. The molecule has 6 heteroatoms. The van der Waals surface area contributed by atoms with Gasteiger partial charge >= 0.3 is 5.97 Å². The van der Waals surface area contributed by atoms with Gasteiger partial charge in [0, 0.05) is 11.6 Å². The van der Waals surface area contributed by atoms with Crippen molar-refractivity contribution in [1.29, 1.82) is 0 Å². The number of esters is 1. The Labute approximate surface area is 155 Å². The predicted octanol–water partition coefficient (Wildman–Crippen LogP) is 2.60. The Hall–Kier alpha value is -2.37. The lowest BCUT2D eigenvalue weighted by Gasteiger charge is -2.21. The summed E-state index contributed by atoms with van der Waals surface area (Å²) in [4.78, 5) is 36.7. The molecule has 1 aromatic carbocycles. The molecular weight excluding hydrogens is 332 g/mol. The first-order valence-corrected chi connectivity index (χ1v) is 9.12. The van der Waals surface area contributed by atoms with Gasteiger partial charge in [0.25, 0.3) is 11.8 Å². The molecule has 0 aliphatic heterocycles. The Morgan fingerprint density at radius 2 is 1.65 bits per heavy atom. The van der Waals surface area contributed by atoms with Crippen LogP contribution in [0.5, 0.6) is 0 Å². The van der Waals surface area contributed by atoms with Gasteiger partial charge in [0.2, 0.25) is 0 Å². The number of amides is 2. The fourth-order valence-corrected chi connectivity index (χ4v) is 2.53. The Morgan fingerprint density at radius 1 is 1.04 bits per heavy atom. The van der Waals surface area contributed by atoms with E-state index in [9.17, 15) is 14.4 Å². The molecule has 1 atom stereocenters. The van der Waals surface area contributed by atoms with Crippen LogP contribution in [0.1, 0.15) is 56.5 Å². The van der Waals surface area contributed by atoms with Crippen molar-refractivity contribution in [2.75, 3.05) is 6.61 Å². The van der Waals surface area contributed by atoms with Gasteiger partial charge < -0.3 is 15.4 Å². The molecule has 6 nitrogen and oxygen atoms in total. The Bertz CT molecular complexity index is 624. The van der Waals surface area contributed by atoms with Gasteiger partial charge in [-0.3, -0.25) is 9.59 Å². The number of hydrogen-bond donors (Lipinski definition) is 2. The lowest BCUT2D eigenvalue weighted by Crippen LogP contribution is -2.46. The summed E-state index contributed by atoms with van der Waals surface area (Å²) in [5, 5.41) is 5.53. The number of rotatable bonds is 9. The topological polar surface area (TPSA) is 84.5 Å². The van der Waals surface area contributed by atoms with Crippen molar-refractivity contribution < 1.29 is 19.1 Å². The van der Waals surface area contributed by atoms with Gasteiger partial charge in [-0.15, -0.1) is 0 Å². The molecule has 2 amide bonds. The van der Waals surface area contributed by atoms with E-state index in [0.29, 0.717) is 5.56 Å². The van der Waals surface area contributed by atoms with Gasteiger partial charge in [-0.1, -0.05) is 45.9 Å². The summed E-state index contributed by atoms with van der Waals surface area (Å²) < 4.78 is 5.12.